The third kappa shape index (κ3) is 10.8. The molecule has 0 radical (unpaired) electrons. The van der Waals surface area contributed by atoms with E-state index >= 15 is 0 Å². The molecule has 11 nitrogen and oxygen atoms in total. The van der Waals surface area contributed by atoms with Crippen molar-refractivity contribution >= 4 is 141 Å². The fourth-order valence-electron chi connectivity index (χ4n) is 21.9. The van der Waals surface area contributed by atoms with Crippen LogP contribution >= 0.6 is 11.3 Å². The lowest BCUT2D eigenvalue weighted by molar-refractivity contribution is 0.632. The summed E-state index contributed by atoms with van der Waals surface area (Å²) in [6.45, 7) is 13.7. The normalized spacial score (nSPS) is 13.7. The minimum absolute atomic E-state index is 0.247. The molecule has 0 saturated carbocycles. The Morgan fingerprint density at radius 2 is 0.535 bits per heavy atom. The van der Waals surface area contributed by atoms with Crippen molar-refractivity contribution in [3.05, 3.63) is 410 Å². The van der Waals surface area contributed by atoms with Crippen molar-refractivity contribution in [1.82, 2.24) is 48.2 Å². The van der Waals surface area contributed by atoms with E-state index in [4.69, 9.17) is 34.3 Å². The highest BCUT2D eigenvalue weighted by atomic mass is 32.1. The lowest BCUT2D eigenvalue weighted by Crippen LogP contribution is -2.18. The second-order valence-electron chi connectivity index (χ2n) is 35.9. The predicted octanol–water partition coefficient (Wildman–Crippen LogP) is 30.0. The van der Waals surface area contributed by atoms with E-state index in [0.717, 1.165) is 139 Å². The maximum atomic E-state index is 6.28. The van der Waals surface area contributed by atoms with Crippen molar-refractivity contribution in [3.63, 3.8) is 0 Å². The highest BCUT2D eigenvalue weighted by molar-refractivity contribution is 7.26. The van der Waals surface area contributed by atoms with Gasteiger partial charge in [-0.3, -0.25) is 13.7 Å². The smallest absolute Gasteiger partial charge is 0.235 e. The van der Waals surface area contributed by atoms with Crippen molar-refractivity contribution in [3.8, 4) is 90.7 Å². The number of thiophene rings is 1. The van der Waals surface area contributed by atoms with Gasteiger partial charge in [-0.05, 0) is 118 Å². The summed E-state index contributed by atoms with van der Waals surface area (Å²) in [5, 5.41) is 14.6. The number of hydrogen-bond donors (Lipinski definition) is 0. The summed E-state index contributed by atoms with van der Waals surface area (Å²) in [5.74, 6) is 2.09. The predicted molar refractivity (Wildman–Crippen MR) is 533 cm³/mol. The molecule has 0 aliphatic heterocycles. The number of nitrogens with zero attached hydrogens (tertiary/aromatic N) is 10. The first kappa shape index (κ1) is 74.4. The standard InChI is InChI=1S/C43H30N4.C37H25N3O.C37H25N3S/c1-43(2)32-22-12-9-19-29(32)39-40(27-15-5-3-6-16-27)44-42(45-41(39)43)47-34-24-14-11-21-31(34)38-36(47)26-25-35-37(38)30-20-10-13-23-33(30)46(35)28-17-7-4-8-18-28;2*1-37(2)26-17-9-6-14-23(26)33-34(22-12-4-3-5-13-22)38-36(39-35(33)37)40-27-18-10-7-15-24(27)31-28(40)20-21-30-32(31)25-16-8-11-19-29(25)41-30/h3-26H,1-2H3;2*3-21H,1-2H3. The van der Waals surface area contributed by atoms with E-state index in [0.29, 0.717) is 17.8 Å². The zero-order chi connectivity index (χ0) is 85.9. The SMILES string of the molecule is CC1(C)c2ccccc2-c2c(-c3ccccc3)nc(-n3c4ccccc4c4c5c(ccc43)oc3ccccc35)nc21.CC1(C)c2ccccc2-c2c(-c3ccccc3)nc(-n3c4ccccc4c4c5c(ccc43)sc3ccccc35)nc21.CC1(C)c2ccccc2-c2c(-c3ccccc3)nc(-n3c4ccccc4c4c5c6ccccc6n(-c6ccccc6)c5ccc43)nc21. The Balaban J connectivity index is 0.000000102. The molecule has 0 bridgehead atoms. The fourth-order valence-corrected chi connectivity index (χ4v) is 23.0. The van der Waals surface area contributed by atoms with Gasteiger partial charge in [-0.1, -0.05) is 333 Å². The molecule has 25 aromatic rings. The highest BCUT2D eigenvalue weighted by Crippen LogP contribution is 2.57. The average Bonchev–Trinajstić information content (AvgIpc) is 1.54. The van der Waals surface area contributed by atoms with Crippen LogP contribution in [0.1, 0.15) is 75.3 Å². The third-order valence-electron chi connectivity index (χ3n) is 27.7. The Morgan fingerprint density at radius 1 is 0.225 bits per heavy atom. The Labute approximate surface area is 746 Å². The maximum absolute atomic E-state index is 6.28. The van der Waals surface area contributed by atoms with Gasteiger partial charge >= 0.3 is 0 Å². The van der Waals surface area contributed by atoms with Crippen LogP contribution in [0.15, 0.2) is 381 Å². The van der Waals surface area contributed by atoms with Crippen LogP contribution in [-0.2, 0) is 16.2 Å². The number of hydrogen-bond acceptors (Lipinski definition) is 8. The Hall–Kier alpha value is -16.0. The average molecular weight is 1670 g/mol. The zero-order valence-electron chi connectivity index (χ0n) is 71.6. The van der Waals surface area contributed by atoms with Crippen LogP contribution in [0, 0.1) is 0 Å². The van der Waals surface area contributed by atoms with Crippen molar-refractivity contribution in [1.29, 1.82) is 0 Å². The van der Waals surface area contributed by atoms with Gasteiger partial charge in [0.15, 0.2) is 0 Å². The number of para-hydroxylation sites is 6. The number of furan rings is 1. The molecule has 3 aliphatic carbocycles. The van der Waals surface area contributed by atoms with Crippen LogP contribution in [0.3, 0.4) is 0 Å². The molecule has 28 rings (SSSR count). The molecule has 3 aliphatic rings. The quantitative estimate of drug-likeness (QED) is 0.156. The van der Waals surface area contributed by atoms with Gasteiger partial charge < -0.3 is 8.98 Å². The second kappa shape index (κ2) is 28.0. The summed E-state index contributed by atoms with van der Waals surface area (Å²) in [7, 11) is 0. The van der Waals surface area contributed by atoms with Gasteiger partial charge in [0.05, 0.1) is 78.3 Å². The van der Waals surface area contributed by atoms with Gasteiger partial charge in [-0.2, -0.15) is 0 Å². The lowest BCUT2D eigenvalue weighted by atomic mass is 9.85. The molecule has 0 saturated heterocycles. The van der Waals surface area contributed by atoms with Crippen molar-refractivity contribution in [2.75, 3.05) is 0 Å². The summed E-state index contributed by atoms with van der Waals surface area (Å²) in [5.41, 5.74) is 31.5. The molecular weight excluding hydrogens is 1590 g/mol. The summed E-state index contributed by atoms with van der Waals surface area (Å²) < 4.78 is 18.1. The van der Waals surface area contributed by atoms with Crippen LogP contribution in [-0.4, -0.2) is 48.2 Å². The lowest BCUT2D eigenvalue weighted by Gasteiger charge is -2.21. The number of fused-ring (bicyclic) bond motifs is 30. The molecule has 16 aromatic carbocycles. The van der Waals surface area contributed by atoms with Crippen LogP contribution < -0.4 is 0 Å². The highest BCUT2D eigenvalue weighted by Gasteiger charge is 2.44. The van der Waals surface area contributed by atoms with E-state index in [2.05, 4.69) is 424 Å². The Bertz CT molecular complexity index is 8700. The molecule has 0 N–H and O–H groups in total. The van der Waals surface area contributed by atoms with Gasteiger partial charge in [-0.25, -0.2) is 29.9 Å². The first-order valence-electron chi connectivity index (χ1n) is 44.3. The van der Waals surface area contributed by atoms with Gasteiger partial charge in [0.2, 0.25) is 17.8 Å². The minimum Gasteiger partial charge on any atom is -0.456 e. The number of benzene rings is 16. The van der Waals surface area contributed by atoms with E-state index in [1.54, 1.807) is 0 Å². The summed E-state index contributed by atoms with van der Waals surface area (Å²) >= 11 is 1.86. The van der Waals surface area contributed by atoms with Crippen LogP contribution in [0.2, 0.25) is 0 Å². The summed E-state index contributed by atoms with van der Waals surface area (Å²) in [4.78, 5) is 32.6. The largest absolute Gasteiger partial charge is 0.456 e. The molecule has 9 heterocycles. The topological polar surface area (TPSA) is 110 Å². The maximum Gasteiger partial charge on any atom is 0.235 e. The van der Waals surface area contributed by atoms with E-state index < -0.39 is 0 Å². The minimum atomic E-state index is -0.276. The fraction of sp³-hybridized carbons (Fsp3) is 0.0769. The zero-order valence-corrected chi connectivity index (χ0v) is 72.4. The van der Waals surface area contributed by atoms with E-state index in [1.807, 2.05) is 23.5 Å². The number of aromatic nitrogens is 10. The molecule has 0 fully saturated rings. The van der Waals surface area contributed by atoms with Crippen molar-refractivity contribution < 1.29 is 4.42 Å². The summed E-state index contributed by atoms with van der Waals surface area (Å²) in [6.07, 6.45) is 0. The van der Waals surface area contributed by atoms with Crippen LogP contribution in [0.4, 0.5) is 0 Å². The van der Waals surface area contributed by atoms with E-state index in [-0.39, 0.29) is 16.2 Å². The van der Waals surface area contributed by atoms with E-state index in [1.165, 1.54) is 96.9 Å². The molecule has 610 valence electrons. The van der Waals surface area contributed by atoms with Gasteiger partial charge in [0.1, 0.15) is 11.2 Å². The second-order valence-corrected chi connectivity index (χ2v) is 36.9. The Morgan fingerprint density at radius 3 is 0.961 bits per heavy atom. The molecule has 12 heteroatoms. The molecule has 9 aromatic heterocycles. The molecule has 129 heavy (non-hydrogen) atoms. The van der Waals surface area contributed by atoms with Gasteiger partial charge in [0, 0.05) is 129 Å². The first-order valence-corrected chi connectivity index (χ1v) is 45.1. The monoisotopic (exact) mass is 1670 g/mol. The first-order chi connectivity index (χ1) is 63.3. The summed E-state index contributed by atoms with van der Waals surface area (Å²) in [6, 6.07) is 133. The van der Waals surface area contributed by atoms with Gasteiger partial charge in [0.25, 0.3) is 0 Å². The van der Waals surface area contributed by atoms with Crippen LogP contribution in [0.25, 0.3) is 220 Å². The van der Waals surface area contributed by atoms with E-state index in [9.17, 15) is 0 Å². The van der Waals surface area contributed by atoms with Crippen molar-refractivity contribution in [2.24, 2.45) is 0 Å². The molecule has 0 amide bonds. The van der Waals surface area contributed by atoms with Crippen molar-refractivity contribution in [2.45, 2.75) is 57.8 Å². The molecule has 0 spiro atoms. The van der Waals surface area contributed by atoms with Crippen LogP contribution in [0.5, 0.6) is 0 Å². The molecule has 0 unspecified atom stereocenters. The third-order valence-corrected chi connectivity index (χ3v) is 28.8. The molecular formula is C117H80N10OS. The molecule has 0 atom stereocenters. The Kier molecular flexibility index (Phi) is 16.1. The van der Waals surface area contributed by atoms with Gasteiger partial charge in [-0.15, -0.1) is 11.3 Å². The number of rotatable bonds is 7.